The second-order valence-corrected chi connectivity index (χ2v) is 4.37. The van der Waals surface area contributed by atoms with Gasteiger partial charge in [0, 0.05) is 31.9 Å². The van der Waals surface area contributed by atoms with Crippen molar-refractivity contribution >= 4 is 17.5 Å². The van der Waals surface area contributed by atoms with Gasteiger partial charge in [0.25, 0.3) is 5.91 Å². The fourth-order valence-corrected chi connectivity index (χ4v) is 1.79. The fourth-order valence-electron chi connectivity index (χ4n) is 1.62. The summed E-state index contributed by atoms with van der Waals surface area (Å²) in [6.45, 7) is 3.30. The normalized spacial score (nSPS) is 10.6. The minimum atomic E-state index is -0.193. The molecule has 0 bridgehead atoms. The molecule has 96 valence electrons. The number of nitrogens with one attached hydrogen (secondary N) is 1. The molecule has 0 aliphatic rings. The molecule has 0 unspecified atom stereocenters. The van der Waals surface area contributed by atoms with Gasteiger partial charge in [-0.1, -0.05) is 11.6 Å². The summed E-state index contributed by atoms with van der Waals surface area (Å²) in [5, 5.41) is 10.8. The van der Waals surface area contributed by atoms with Crippen molar-refractivity contribution in [1.82, 2.24) is 24.9 Å². The predicted octanol–water partition coefficient (Wildman–Crippen LogP) is 1.55. The molecule has 0 radical (unpaired) electrons. The molecule has 2 aromatic heterocycles. The van der Waals surface area contributed by atoms with E-state index in [1.165, 1.54) is 6.20 Å². The number of carbonyl (C=O) groups is 1. The van der Waals surface area contributed by atoms with Crippen molar-refractivity contribution in [3.63, 3.8) is 0 Å². The van der Waals surface area contributed by atoms with Crippen LogP contribution in [0, 0.1) is 0 Å². The molecule has 2 heterocycles. The first kappa shape index (κ1) is 12.6. The van der Waals surface area contributed by atoms with E-state index >= 15 is 0 Å². The maximum absolute atomic E-state index is 12.1. The van der Waals surface area contributed by atoms with Crippen molar-refractivity contribution in [2.75, 3.05) is 7.05 Å². The number of nitrogens with zero attached hydrogens (tertiary/aromatic N) is 4. The van der Waals surface area contributed by atoms with E-state index in [0.29, 0.717) is 17.3 Å². The highest BCUT2D eigenvalue weighted by Gasteiger charge is 2.17. The fraction of sp³-hybridized carbons (Fsp3) is 0.364. The van der Waals surface area contributed by atoms with Gasteiger partial charge < -0.3 is 4.90 Å². The van der Waals surface area contributed by atoms with Crippen LogP contribution in [0.2, 0.25) is 5.02 Å². The van der Waals surface area contributed by atoms with Crippen LogP contribution in [0.3, 0.4) is 0 Å². The number of halogens is 1. The Hall–Kier alpha value is -1.82. The van der Waals surface area contributed by atoms with Crippen molar-refractivity contribution in [2.45, 2.75) is 20.0 Å². The first-order valence-electron chi connectivity index (χ1n) is 5.57. The Morgan fingerprint density at radius 1 is 1.56 bits per heavy atom. The van der Waals surface area contributed by atoms with E-state index in [9.17, 15) is 4.79 Å². The molecule has 0 aromatic carbocycles. The molecule has 0 fully saturated rings. The molecule has 2 aromatic rings. The number of hydrogen-bond donors (Lipinski definition) is 1. The highest BCUT2D eigenvalue weighted by Crippen LogP contribution is 2.14. The SMILES string of the molecule is CCn1cc(CN(C)C(=O)c2[nH]ncc2Cl)cn1. The van der Waals surface area contributed by atoms with Gasteiger partial charge in [0.2, 0.25) is 0 Å². The number of aromatic nitrogens is 4. The highest BCUT2D eigenvalue weighted by atomic mass is 35.5. The number of hydrogen-bond acceptors (Lipinski definition) is 3. The molecular weight excluding hydrogens is 254 g/mol. The third kappa shape index (κ3) is 2.53. The lowest BCUT2D eigenvalue weighted by molar-refractivity contribution is 0.0779. The first-order chi connectivity index (χ1) is 8.61. The average molecular weight is 268 g/mol. The Morgan fingerprint density at radius 3 is 2.89 bits per heavy atom. The van der Waals surface area contributed by atoms with E-state index in [0.717, 1.165) is 12.1 Å². The maximum Gasteiger partial charge on any atom is 0.273 e. The summed E-state index contributed by atoms with van der Waals surface area (Å²) in [7, 11) is 1.71. The second kappa shape index (κ2) is 5.22. The monoisotopic (exact) mass is 267 g/mol. The Labute approximate surface area is 110 Å². The van der Waals surface area contributed by atoms with Crippen LogP contribution >= 0.6 is 11.6 Å². The van der Waals surface area contributed by atoms with Crippen LogP contribution in [0.4, 0.5) is 0 Å². The third-order valence-electron chi connectivity index (χ3n) is 2.58. The second-order valence-electron chi connectivity index (χ2n) is 3.96. The van der Waals surface area contributed by atoms with Crippen LogP contribution in [0.5, 0.6) is 0 Å². The molecule has 0 atom stereocenters. The van der Waals surface area contributed by atoms with Gasteiger partial charge in [0.05, 0.1) is 17.4 Å². The minimum Gasteiger partial charge on any atom is -0.336 e. The number of amides is 1. The summed E-state index contributed by atoms with van der Waals surface area (Å²) in [6, 6.07) is 0. The summed E-state index contributed by atoms with van der Waals surface area (Å²) in [5.74, 6) is -0.193. The molecule has 18 heavy (non-hydrogen) atoms. The summed E-state index contributed by atoms with van der Waals surface area (Å²) in [5.41, 5.74) is 1.28. The van der Waals surface area contributed by atoms with Crippen molar-refractivity contribution in [1.29, 1.82) is 0 Å². The van der Waals surface area contributed by atoms with Crippen LogP contribution in [0.1, 0.15) is 23.0 Å². The molecule has 0 spiro atoms. The molecule has 0 aliphatic carbocycles. The van der Waals surface area contributed by atoms with Crippen molar-refractivity contribution in [2.24, 2.45) is 0 Å². The molecule has 0 aliphatic heterocycles. The quantitative estimate of drug-likeness (QED) is 0.914. The lowest BCUT2D eigenvalue weighted by Crippen LogP contribution is -2.26. The van der Waals surface area contributed by atoms with Gasteiger partial charge in [0.15, 0.2) is 0 Å². The maximum atomic E-state index is 12.1. The van der Waals surface area contributed by atoms with Gasteiger partial charge in [-0.3, -0.25) is 14.6 Å². The third-order valence-corrected chi connectivity index (χ3v) is 2.87. The Balaban J connectivity index is 2.06. The molecular formula is C11H14ClN5O. The van der Waals surface area contributed by atoms with E-state index < -0.39 is 0 Å². The van der Waals surface area contributed by atoms with E-state index in [4.69, 9.17) is 11.6 Å². The van der Waals surface area contributed by atoms with Gasteiger partial charge >= 0.3 is 0 Å². The number of aromatic amines is 1. The van der Waals surface area contributed by atoms with Crippen LogP contribution in [-0.4, -0.2) is 37.8 Å². The van der Waals surface area contributed by atoms with Gasteiger partial charge in [-0.25, -0.2) is 0 Å². The van der Waals surface area contributed by atoms with Gasteiger partial charge in [0.1, 0.15) is 5.69 Å². The van der Waals surface area contributed by atoms with Gasteiger partial charge in [-0.2, -0.15) is 10.2 Å². The number of aryl methyl sites for hydroxylation is 1. The van der Waals surface area contributed by atoms with Crippen LogP contribution in [0.15, 0.2) is 18.6 Å². The number of carbonyl (C=O) groups excluding carboxylic acids is 1. The number of rotatable bonds is 4. The molecule has 2 rings (SSSR count). The van der Waals surface area contributed by atoms with Crippen LogP contribution < -0.4 is 0 Å². The minimum absolute atomic E-state index is 0.193. The largest absolute Gasteiger partial charge is 0.336 e. The molecule has 0 saturated carbocycles. The zero-order chi connectivity index (χ0) is 13.1. The van der Waals surface area contributed by atoms with E-state index in [1.54, 1.807) is 18.1 Å². The summed E-state index contributed by atoms with van der Waals surface area (Å²) >= 11 is 5.85. The molecule has 1 amide bonds. The van der Waals surface area contributed by atoms with Gasteiger partial charge in [-0.15, -0.1) is 0 Å². The zero-order valence-corrected chi connectivity index (χ0v) is 11.0. The summed E-state index contributed by atoms with van der Waals surface area (Å²) in [4.78, 5) is 13.6. The highest BCUT2D eigenvalue weighted by molar-refractivity contribution is 6.33. The molecule has 0 saturated heterocycles. The van der Waals surface area contributed by atoms with Crippen molar-refractivity contribution < 1.29 is 4.79 Å². The van der Waals surface area contributed by atoms with E-state index in [-0.39, 0.29) is 5.91 Å². The lowest BCUT2D eigenvalue weighted by atomic mass is 10.3. The average Bonchev–Trinajstić information content (AvgIpc) is 2.97. The van der Waals surface area contributed by atoms with Crippen molar-refractivity contribution in [3.05, 3.63) is 34.9 Å². The van der Waals surface area contributed by atoms with Gasteiger partial charge in [-0.05, 0) is 6.92 Å². The van der Waals surface area contributed by atoms with Crippen LogP contribution in [-0.2, 0) is 13.1 Å². The topological polar surface area (TPSA) is 66.8 Å². The molecule has 1 N–H and O–H groups in total. The molecule has 6 nitrogen and oxygen atoms in total. The van der Waals surface area contributed by atoms with E-state index in [2.05, 4.69) is 15.3 Å². The number of H-pyrrole nitrogens is 1. The standard InChI is InChI=1S/C11H14ClN5O/c1-3-17-7-8(4-14-17)6-16(2)11(18)10-9(12)5-13-15-10/h4-5,7H,3,6H2,1-2H3,(H,13,15). The Bertz CT molecular complexity index is 547. The Kier molecular flexibility index (Phi) is 3.66. The zero-order valence-electron chi connectivity index (χ0n) is 10.2. The van der Waals surface area contributed by atoms with E-state index in [1.807, 2.05) is 17.8 Å². The molecule has 7 heteroatoms. The smallest absolute Gasteiger partial charge is 0.273 e. The predicted molar refractivity (Wildman–Crippen MR) is 67.3 cm³/mol. The van der Waals surface area contributed by atoms with Crippen molar-refractivity contribution in [3.8, 4) is 0 Å². The first-order valence-corrected chi connectivity index (χ1v) is 5.95. The Morgan fingerprint density at radius 2 is 2.33 bits per heavy atom. The summed E-state index contributed by atoms with van der Waals surface area (Å²) < 4.78 is 1.82. The summed E-state index contributed by atoms with van der Waals surface area (Å²) in [6.07, 6.45) is 5.08. The lowest BCUT2D eigenvalue weighted by Gasteiger charge is -2.15. The van der Waals surface area contributed by atoms with Crippen LogP contribution in [0.25, 0.3) is 0 Å².